The Bertz CT molecular complexity index is 2060. The van der Waals surface area contributed by atoms with Gasteiger partial charge >= 0.3 is 0 Å². The molecular formula is C36H44N4O6S3. The molecule has 13 heteroatoms. The molecule has 0 bridgehead atoms. The molecule has 0 unspecified atom stereocenters. The van der Waals surface area contributed by atoms with Gasteiger partial charge in [0.2, 0.25) is 30.1 Å². The Morgan fingerprint density at radius 2 is 0.980 bits per heavy atom. The van der Waals surface area contributed by atoms with Gasteiger partial charge in [0.25, 0.3) is 0 Å². The van der Waals surface area contributed by atoms with Gasteiger partial charge in [-0.25, -0.2) is 25.3 Å². The molecule has 1 heterocycles. The van der Waals surface area contributed by atoms with Crippen molar-refractivity contribution in [2.24, 2.45) is 0 Å². The summed E-state index contributed by atoms with van der Waals surface area (Å²) >= 11 is 0. The zero-order valence-corrected chi connectivity index (χ0v) is 30.9. The van der Waals surface area contributed by atoms with Gasteiger partial charge in [0.05, 0.1) is 14.7 Å². The summed E-state index contributed by atoms with van der Waals surface area (Å²) in [6, 6.07) is 23.7. The van der Waals surface area contributed by atoms with E-state index in [0.717, 1.165) is 22.2 Å². The first kappa shape index (κ1) is 36.7. The monoisotopic (exact) mass is 724 g/mol. The highest BCUT2D eigenvalue weighted by molar-refractivity contribution is 7.89. The Kier molecular flexibility index (Phi) is 11.0. The van der Waals surface area contributed by atoms with Crippen LogP contribution in [-0.2, 0) is 30.1 Å². The average Bonchev–Trinajstić information content (AvgIpc) is 3.05. The van der Waals surface area contributed by atoms with Crippen molar-refractivity contribution in [3.05, 3.63) is 108 Å². The lowest BCUT2D eigenvalue weighted by Gasteiger charge is -2.30. The van der Waals surface area contributed by atoms with Gasteiger partial charge in [-0.05, 0) is 68.7 Å². The highest BCUT2D eigenvalue weighted by atomic mass is 32.2. The number of nitrogens with zero attached hydrogens (tertiary/aromatic N) is 4. The van der Waals surface area contributed by atoms with Crippen LogP contribution in [-0.4, -0.2) is 91.5 Å². The van der Waals surface area contributed by atoms with Gasteiger partial charge in [-0.1, -0.05) is 66.2 Å². The molecule has 1 aliphatic rings. The van der Waals surface area contributed by atoms with Crippen LogP contribution in [0.5, 0.6) is 0 Å². The van der Waals surface area contributed by atoms with Crippen LogP contribution in [0.2, 0.25) is 0 Å². The fraction of sp³-hybridized carbons (Fsp3) is 0.333. The number of hydrogen-bond donors (Lipinski definition) is 0. The van der Waals surface area contributed by atoms with Crippen LogP contribution in [0.3, 0.4) is 0 Å². The van der Waals surface area contributed by atoms with Gasteiger partial charge < -0.3 is 4.90 Å². The summed E-state index contributed by atoms with van der Waals surface area (Å²) in [4.78, 5) is 2.26. The van der Waals surface area contributed by atoms with E-state index >= 15 is 0 Å². The van der Waals surface area contributed by atoms with Crippen LogP contribution < -0.4 is 4.90 Å². The van der Waals surface area contributed by atoms with Crippen molar-refractivity contribution in [2.75, 3.05) is 58.3 Å². The minimum absolute atomic E-state index is 0.00623. The molecule has 0 spiro atoms. The van der Waals surface area contributed by atoms with Crippen molar-refractivity contribution in [3.63, 3.8) is 0 Å². The SMILES string of the molecule is C=C1CN(S(=O)(=O)c2ccc(C)cc2)CCCN(S(=O)(=O)c2cccc3c(N(C)C)cccc23)CCCN(S(=O)(=O)c2ccc(C)cc2)C1. The van der Waals surface area contributed by atoms with Crippen molar-refractivity contribution >= 4 is 46.5 Å². The first-order valence-electron chi connectivity index (χ1n) is 16.1. The molecule has 0 saturated carbocycles. The van der Waals surface area contributed by atoms with E-state index in [-0.39, 0.29) is 66.8 Å². The molecule has 1 saturated heterocycles. The Morgan fingerprint density at radius 1 is 0.551 bits per heavy atom. The molecule has 1 aliphatic heterocycles. The van der Waals surface area contributed by atoms with Crippen LogP contribution >= 0.6 is 0 Å². The Labute approximate surface area is 291 Å². The lowest BCUT2D eigenvalue weighted by atomic mass is 10.1. The normalized spacial score (nSPS) is 17.0. The highest BCUT2D eigenvalue weighted by Gasteiger charge is 2.32. The molecule has 5 rings (SSSR count). The molecule has 262 valence electrons. The first-order chi connectivity index (χ1) is 23.1. The van der Waals surface area contributed by atoms with E-state index in [0.29, 0.717) is 11.0 Å². The van der Waals surface area contributed by atoms with E-state index < -0.39 is 30.1 Å². The Morgan fingerprint density at radius 3 is 1.45 bits per heavy atom. The smallest absolute Gasteiger partial charge is 0.243 e. The minimum atomic E-state index is -4.09. The van der Waals surface area contributed by atoms with Crippen molar-refractivity contribution in [2.45, 2.75) is 41.4 Å². The Balaban J connectivity index is 1.55. The molecular weight excluding hydrogens is 681 g/mol. The maximum Gasteiger partial charge on any atom is 0.243 e. The average molecular weight is 725 g/mol. The lowest BCUT2D eigenvalue weighted by molar-refractivity contribution is 0.333. The lowest BCUT2D eigenvalue weighted by Crippen LogP contribution is -2.42. The summed E-state index contributed by atoms with van der Waals surface area (Å²) in [5, 5.41) is 1.36. The van der Waals surface area contributed by atoms with E-state index in [1.165, 1.54) is 37.2 Å². The van der Waals surface area contributed by atoms with E-state index in [9.17, 15) is 25.3 Å². The number of anilines is 1. The van der Waals surface area contributed by atoms with Gasteiger partial charge in [-0.15, -0.1) is 0 Å². The summed E-state index contributed by atoms with van der Waals surface area (Å²) in [6.45, 7) is 7.66. The predicted octanol–water partition coefficient (Wildman–Crippen LogP) is 5.25. The Hall–Kier alpha value is -3.59. The van der Waals surface area contributed by atoms with Crippen molar-refractivity contribution < 1.29 is 25.3 Å². The number of fused-ring (bicyclic) bond motifs is 1. The number of sulfonamides is 3. The first-order valence-corrected chi connectivity index (χ1v) is 20.4. The largest absolute Gasteiger partial charge is 0.377 e. The molecule has 0 atom stereocenters. The fourth-order valence-corrected chi connectivity index (χ4v) is 10.8. The third-order valence-corrected chi connectivity index (χ3v) is 14.4. The number of rotatable bonds is 7. The highest BCUT2D eigenvalue weighted by Crippen LogP contribution is 2.32. The topological polar surface area (TPSA) is 115 Å². The quantitative estimate of drug-likeness (QED) is 0.240. The van der Waals surface area contributed by atoms with Crippen LogP contribution in [0, 0.1) is 13.8 Å². The predicted molar refractivity (Wildman–Crippen MR) is 195 cm³/mol. The minimum Gasteiger partial charge on any atom is -0.377 e. The van der Waals surface area contributed by atoms with E-state index in [1.807, 2.05) is 51.0 Å². The second-order valence-corrected chi connectivity index (χ2v) is 18.5. The molecule has 4 aromatic carbocycles. The maximum absolute atomic E-state index is 14.4. The van der Waals surface area contributed by atoms with Crippen molar-refractivity contribution in [1.29, 1.82) is 0 Å². The van der Waals surface area contributed by atoms with Crippen molar-refractivity contribution in [1.82, 2.24) is 12.9 Å². The van der Waals surface area contributed by atoms with Crippen LogP contribution in [0.4, 0.5) is 5.69 Å². The van der Waals surface area contributed by atoms with Gasteiger partial charge in [-0.2, -0.15) is 12.9 Å². The summed E-state index contributed by atoms with van der Waals surface area (Å²) in [5.74, 6) is 0. The number of aryl methyl sites for hydroxylation is 2. The fourth-order valence-electron chi connectivity index (χ4n) is 6.05. The molecule has 0 N–H and O–H groups in total. The van der Waals surface area contributed by atoms with Crippen LogP contribution in [0.15, 0.2) is 112 Å². The zero-order valence-electron chi connectivity index (χ0n) is 28.4. The number of hydrogen-bond acceptors (Lipinski definition) is 7. The molecule has 0 radical (unpaired) electrons. The molecule has 1 fully saturated rings. The van der Waals surface area contributed by atoms with Gasteiger partial charge in [0.1, 0.15) is 0 Å². The summed E-state index contributed by atoms with van der Waals surface area (Å²) < 4.78 is 88.6. The second-order valence-electron chi connectivity index (χ2n) is 12.7. The van der Waals surface area contributed by atoms with Gasteiger partial charge in [-0.3, -0.25) is 0 Å². The third-order valence-electron chi connectivity index (χ3n) is 8.71. The molecule has 0 aliphatic carbocycles. The van der Waals surface area contributed by atoms with Gasteiger partial charge in [0, 0.05) is 69.8 Å². The third kappa shape index (κ3) is 7.92. The second kappa shape index (κ2) is 14.7. The standard InChI is InChI=1S/C36H44N4O6S3/c1-28-14-18-31(19-15-28)47(41,42)39-24-8-22-38(49(45,46)36-13-7-10-33-34(36)11-6-12-35(33)37(4)5)23-9-25-40(27-30(3)26-39)48(43,44)32-20-16-29(2)17-21-32/h6-7,10-21H,3,8-9,22-27H2,1-2,4-5H3. The van der Waals surface area contributed by atoms with Crippen molar-refractivity contribution in [3.8, 4) is 0 Å². The van der Waals surface area contributed by atoms with E-state index in [2.05, 4.69) is 6.58 Å². The summed E-state index contributed by atoms with van der Waals surface area (Å²) in [7, 11) is -8.35. The maximum atomic E-state index is 14.4. The molecule has 4 aromatic rings. The van der Waals surface area contributed by atoms with E-state index in [4.69, 9.17) is 0 Å². The van der Waals surface area contributed by atoms with Crippen LogP contribution in [0.1, 0.15) is 24.0 Å². The van der Waals surface area contributed by atoms with E-state index in [1.54, 1.807) is 42.5 Å². The number of benzene rings is 4. The molecule has 0 amide bonds. The zero-order chi connectivity index (χ0) is 35.6. The summed E-state index contributed by atoms with van der Waals surface area (Å²) in [6.07, 6.45) is 0.438. The molecule has 49 heavy (non-hydrogen) atoms. The molecule has 0 aromatic heterocycles. The summed E-state index contributed by atoms with van der Waals surface area (Å²) in [5.41, 5.74) is 3.09. The van der Waals surface area contributed by atoms with Gasteiger partial charge in [0.15, 0.2) is 0 Å². The molecule has 10 nitrogen and oxygen atoms in total. The van der Waals surface area contributed by atoms with Crippen LogP contribution in [0.25, 0.3) is 10.8 Å².